The quantitative estimate of drug-likeness (QED) is 0.768. The maximum absolute atomic E-state index is 13.5. The van der Waals surface area contributed by atoms with Crippen molar-refractivity contribution in [2.75, 3.05) is 7.05 Å². The Balaban J connectivity index is 2.12. The van der Waals surface area contributed by atoms with Crippen LogP contribution in [0.4, 0.5) is 13.2 Å². The minimum Gasteiger partial charge on any atom is -0.335 e. The highest BCUT2D eigenvalue weighted by Crippen LogP contribution is 2.21. The Morgan fingerprint density at radius 1 is 1.04 bits per heavy atom. The molecule has 2 rings (SSSR count). The first-order valence-corrected chi connectivity index (χ1v) is 7.04. The summed E-state index contributed by atoms with van der Waals surface area (Å²) in [4.78, 5) is 13.5. The SMILES string of the molecule is CC(c1ccc(F)c(F)c1)N(C)C(=O)/C=C/c1ccccc1F. The molecular weight excluding hydrogens is 303 g/mol. The smallest absolute Gasteiger partial charge is 0.246 e. The van der Waals surface area contributed by atoms with E-state index in [4.69, 9.17) is 0 Å². The van der Waals surface area contributed by atoms with Gasteiger partial charge in [-0.15, -0.1) is 0 Å². The fraction of sp³-hybridized carbons (Fsp3) is 0.167. The molecule has 2 nitrogen and oxygen atoms in total. The number of likely N-dealkylation sites (N-methyl/N-ethyl adjacent to an activating group) is 1. The minimum atomic E-state index is -0.961. The number of halogens is 3. The first kappa shape index (κ1) is 16.8. The second kappa shape index (κ2) is 7.13. The third kappa shape index (κ3) is 4.00. The third-order valence-electron chi connectivity index (χ3n) is 3.67. The molecular formula is C18H16F3NO. The van der Waals surface area contributed by atoms with Crippen LogP contribution in [0.25, 0.3) is 6.08 Å². The van der Waals surface area contributed by atoms with Gasteiger partial charge in [0.15, 0.2) is 11.6 Å². The lowest BCUT2D eigenvalue weighted by Crippen LogP contribution is -2.28. The summed E-state index contributed by atoms with van der Waals surface area (Å²) in [7, 11) is 1.54. The number of rotatable bonds is 4. The van der Waals surface area contributed by atoms with E-state index in [2.05, 4.69) is 0 Å². The van der Waals surface area contributed by atoms with Gasteiger partial charge < -0.3 is 4.90 Å². The molecule has 1 amide bonds. The second-order valence-corrected chi connectivity index (χ2v) is 5.15. The topological polar surface area (TPSA) is 20.3 Å². The van der Waals surface area contributed by atoms with Crippen LogP contribution in [0.1, 0.15) is 24.1 Å². The van der Waals surface area contributed by atoms with E-state index in [0.29, 0.717) is 11.1 Å². The number of hydrogen-bond acceptors (Lipinski definition) is 1. The molecule has 23 heavy (non-hydrogen) atoms. The Kier molecular flexibility index (Phi) is 5.21. The van der Waals surface area contributed by atoms with E-state index < -0.39 is 23.5 Å². The van der Waals surface area contributed by atoms with E-state index in [0.717, 1.165) is 12.1 Å². The average molecular weight is 319 g/mol. The highest BCUT2D eigenvalue weighted by atomic mass is 19.2. The number of hydrogen-bond donors (Lipinski definition) is 0. The van der Waals surface area contributed by atoms with Gasteiger partial charge in [-0.1, -0.05) is 24.3 Å². The van der Waals surface area contributed by atoms with E-state index in [-0.39, 0.29) is 5.91 Å². The van der Waals surface area contributed by atoms with E-state index in [1.807, 2.05) is 0 Å². The van der Waals surface area contributed by atoms with Gasteiger partial charge in [-0.05, 0) is 36.8 Å². The molecule has 1 atom stereocenters. The Morgan fingerprint density at radius 2 is 1.74 bits per heavy atom. The molecule has 5 heteroatoms. The molecule has 0 aliphatic heterocycles. The van der Waals surface area contributed by atoms with Crippen molar-refractivity contribution in [1.82, 2.24) is 4.90 Å². The van der Waals surface area contributed by atoms with Gasteiger partial charge in [0.1, 0.15) is 5.82 Å². The first-order valence-electron chi connectivity index (χ1n) is 7.04. The zero-order valence-electron chi connectivity index (χ0n) is 12.8. The molecule has 0 spiro atoms. The zero-order valence-corrected chi connectivity index (χ0v) is 12.8. The van der Waals surface area contributed by atoms with E-state index >= 15 is 0 Å². The van der Waals surface area contributed by atoms with Crippen LogP contribution in [0.5, 0.6) is 0 Å². The molecule has 0 N–H and O–H groups in total. The van der Waals surface area contributed by atoms with Gasteiger partial charge in [0.05, 0.1) is 6.04 Å². The van der Waals surface area contributed by atoms with Gasteiger partial charge in [0.2, 0.25) is 5.91 Å². The minimum absolute atomic E-state index is 0.301. The molecule has 0 aromatic heterocycles. The van der Waals surface area contributed by atoms with Crippen molar-refractivity contribution < 1.29 is 18.0 Å². The second-order valence-electron chi connectivity index (χ2n) is 5.15. The average Bonchev–Trinajstić information content (AvgIpc) is 2.55. The Morgan fingerprint density at radius 3 is 2.39 bits per heavy atom. The molecule has 0 saturated heterocycles. The van der Waals surface area contributed by atoms with Crippen molar-refractivity contribution in [3.63, 3.8) is 0 Å². The Hall–Kier alpha value is -2.56. The predicted octanol–water partition coefficient (Wildman–Crippen LogP) is 4.34. The summed E-state index contributed by atoms with van der Waals surface area (Å²) in [6.07, 6.45) is 2.63. The first-order chi connectivity index (χ1) is 10.9. The summed E-state index contributed by atoms with van der Waals surface area (Å²) >= 11 is 0. The van der Waals surface area contributed by atoms with Crippen molar-refractivity contribution in [1.29, 1.82) is 0 Å². The lowest BCUT2D eigenvalue weighted by atomic mass is 10.1. The van der Waals surface area contributed by atoms with Crippen LogP contribution in [-0.4, -0.2) is 17.9 Å². The summed E-state index contributed by atoms with van der Waals surface area (Å²) in [5, 5.41) is 0. The van der Waals surface area contributed by atoms with Crippen molar-refractivity contribution in [2.24, 2.45) is 0 Å². The lowest BCUT2D eigenvalue weighted by Gasteiger charge is -2.24. The molecule has 120 valence electrons. The molecule has 0 bridgehead atoms. The zero-order chi connectivity index (χ0) is 17.0. The van der Waals surface area contributed by atoms with Gasteiger partial charge in [-0.25, -0.2) is 13.2 Å². The van der Waals surface area contributed by atoms with E-state index in [1.165, 1.54) is 29.2 Å². The maximum atomic E-state index is 13.5. The fourth-order valence-electron chi connectivity index (χ4n) is 2.08. The van der Waals surface area contributed by atoms with Crippen molar-refractivity contribution in [2.45, 2.75) is 13.0 Å². The normalized spacial score (nSPS) is 12.4. The largest absolute Gasteiger partial charge is 0.335 e. The molecule has 1 unspecified atom stereocenters. The van der Waals surface area contributed by atoms with Gasteiger partial charge in [-0.2, -0.15) is 0 Å². The monoisotopic (exact) mass is 319 g/mol. The van der Waals surface area contributed by atoms with Gasteiger partial charge in [0, 0.05) is 18.7 Å². The van der Waals surface area contributed by atoms with Crippen molar-refractivity contribution in [3.8, 4) is 0 Å². The van der Waals surface area contributed by atoms with Crippen LogP contribution in [0.15, 0.2) is 48.5 Å². The highest BCUT2D eigenvalue weighted by Gasteiger charge is 2.17. The molecule has 0 fully saturated rings. The number of carbonyl (C=O) groups is 1. The lowest BCUT2D eigenvalue weighted by molar-refractivity contribution is -0.126. The highest BCUT2D eigenvalue weighted by molar-refractivity contribution is 5.91. The summed E-state index contributed by atoms with van der Waals surface area (Å²) in [5.41, 5.74) is 0.772. The Labute approximate surface area is 132 Å². The van der Waals surface area contributed by atoms with Crippen LogP contribution in [0, 0.1) is 17.5 Å². The van der Waals surface area contributed by atoms with E-state index in [9.17, 15) is 18.0 Å². The molecule has 0 aliphatic rings. The summed E-state index contributed by atoms with van der Waals surface area (Å²) < 4.78 is 39.7. The molecule has 0 aliphatic carbocycles. The molecule has 0 radical (unpaired) electrons. The van der Waals surface area contributed by atoms with Crippen molar-refractivity contribution >= 4 is 12.0 Å². The van der Waals surface area contributed by atoms with Crippen LogP contribution >= 0.6 is 0 Å². The molecule has 0 saturated carbocycles. The summed E-state index contributed by atoms with van der Waals surface area (Å²) in [5.74, 6) is -2.69. The predicted molar refractivity (Wildman–Crippen MR) is 83.0 cm³/mol. The van der Waals surface area contributed by atoms with Gasteiger partial charge in [0.25, 0.3) is 0 Å². The van der Waals surface area contributed by atoms with Crippen LogP contribution in [0.3, 0.4) is 0 Å². The fourth-order valence-corrected chi connectivity index (χ4v) is 2.08. The Bertz CT molecular complexity index is 743. The van der Waals surface area contributed by atoms with Gasteiger partial charge >= 0.3 is 0 Å². The number of nitrogens with zero attached hydrogens (tertiary/aromatic N) is 1. The van der Waals surface area contributed by atoms with Crippen molar-refractivity contribution in [3.05, 3.63) is 77.1 Å². The third-order valence-corrected chi connectivity index (χ3v) is 3.67. The summed E-state index contributed by atoms with van der Waals surface area (Å²) in [6, 6.07) is 9.14. The molecule has 2 aromatic carbocycles. The van der Waals surface area contributed by atoms with E-state index in [1.54, 1.807) is 32.2 Å². The van der Waals surface area contributed by atoms with Crippen LogP contribution < -0.4 is 0 Å². The number of carbonyl (C=O) groups excluding carboxylic acids is 1. The summed E-state index contributed by atoms with van der Waals surface area (Å²) in [6.45, 7) is 1.70. The van der Waals surface area contributed by atoms with Crippen LogP contribution in [-0.2, 0) is 4.79 Å². The molecule has 2 aromatic rings. The van der Waals surface area contributed by atoms with Gasteiger partial charge in [-0.3, -0.25) is 4.79 Å². The number of benzene rings is 2. The molecule has 0 heterocycles. The number of amides is 1. The standard InChI is InChI=1S/C18H16F3NO/c1-12(14-7-9-16(20)17(21)11-14)22(2)18(23)10-8-13-5-3-4-6-15(13)19/h3-12H,1-2H3/b10-8+. The maximum Gasteiger partial charge on any atom is 0.246 e. The van der Waals surface area contributed by atoms with Crippen LogP contribution in [0.2, 0.25) is 0 Å².